The molecule has 1 atom stereocenters. The van der Waals surface area contributed by atoms with E-state index in [1.54, 1.807) is 6.20 Å². The summed E-state index contributed by atoms with van der Waals surface area (Å²) in [7, 11) is 0. The van der Waals surface area contributed by atoms with E-state index in [1.807, 2.05) is 19.1 Å². The molecule has 0 radical (unpaired) electrons. The van der Waals surface area contributed by atoms with Crippen molar-refractivity contribution in [3.63, 3.8) is 0 Å². The molecule has 2 rings (SSSR count). The van der Waals surface area contributed by atoms with Gasteiger partial charge >= 0.3 is 0 Å². The summed E-state index contributed by atoms with van der Waals surface area (Å²) in [5.74, 6) is 0.518. The Labute approximate surface area is 121 Å². The summed E-state index contributed by atoms with van der Waals surface area (Å²) in [6.07, 6.45) is 5.90. The van der Waals surface area contributed by atoms with Crippen molar-refractivity contribution >= 4 is 5.82 Å². The highest BCUT2D eigenvalue weighted by Crippen LogP contribution is 2.47. The second kappa shape index (κ2) is 5.70. The Morgan fingerprint density at radius 2 is 1.95 bits per heavy atom. The molecule has 4 nitrogen and oxygen atoms in total. The highest BCUT2D eigenvalue weighted by atomic mass is 16.5. The van der Waals surface area contributed by atoms with Gasteiger partial charge in [0.05, 0.1) is 11.6 Å². The molecule has 0 aromatic carbocycles. The highest BCUT2D eigenvalue weighted by molar-refractivity contribution is 5.42. The molecule has 0 amide bonds. The SMILES string of the molecule is CCOC1(C(N)c2cccnc2N)CCC(C)(C)CC1. The van der Waals surface area contributed by atoms with Crippen molar-refractivity contribution in [3.8, 4) is 0 Å². The summed E-state index contributed by atoms with van der Waals surface area (Å²) in [6, 6.07) is 3.64. The number of nitrogens with zero attached hydrogens (tertiary/aromatic N) is 1. The molecular weight excluding hydrogens is 250 g/mol. The highest BCUT2D eigenvalue weighted by Gasteiger charge is 2.44. The average molecular weight is 277 g/mol. The first kappa shape index (κ1) is 15.3. The summed E-state index contributed by atoms with van der Waals surface area (Å²) >= 11 is 0. The third-order valence-electron chi connectivity index (χ3n) is 4.65. The quantitative estimate of drug-likeness (QED) is 0.887. The Hall–Kier alpha value is -1.13. The summed E-state index contributed by atoms with van der Waals surface area (Å²) in [5, 5.41) is 0. The van der Waals surface area contributed by atoms with Crippen LogP contribution in [0.4, 0.5) is 5.82 Å². The molecule has 0 bridgehead atoms. The molecule has 4 N–H and O–H groups in total. The van der Waals surface area contributed by atoms with Crippen LogP contribution < -0.4 is 11.5 Å². The van der Waals surface area contributed by atoms with Crippen molar-refractivity contribution in [2.75, 3.05) is 12.3 Å². The number of pyridine rings is 1. The number of rotatable bonds is 4. The Morgan fingerprint density at radius 1 is 1.30 bits per heavy atom. The van der Waals surface area contributed by atoms with Crippen molar-refractivity contribution in [3.05, 3.63) is 23.9 Å². The second-order valence-electron chi connectivity index (χ2n) is 6.62. The number of nitrogen functional groups attached to an aromatic ring is 1. The Kier molecular flexibility index (Phi) is 4.35. The fraction of sp³-hybridized carbons (Fsp3) is 0.688. The molecule has 0 spiro atoms. The number of hydrogen-bond donors (Lipinski definition) is 2. The molecule has 1 aliphatic carbocycles. The standard InChI is InChI=1S/C16H27N3O/c1-4-20-16(9-7-15(2,3)8-10-16)13(17)12-6-5-11-19-14(12)18/h5-6,11,13H,4,7-10,17H2,1-3H3,(H2,18,19). The van der Waals surface area contributed by atoms with Crippen molar-refractivity contribution in [2.45, 2.75) is 58.1 Å². The molecule has 4 heteroatoms. The van der Waals surface area contributed by atoms with Gasteiger partial charge < -0.3 is 16.2 Å². The molecular formula is C16H27N3O. The molecule has 1 aromatic heterocycles. The van der Waals surface area contributed by atoms with Crippen LogP contribution in [0.1, 0.15) is 58.1 Å². The van der Waals surface area contributed by atoms with E-state index in [0.717, 1.165) is 31.2 Å². The minimum absolute atomic E-state index is 0.216. The molecule has 1 saturated carbocycles. The predicted octanol–water partition coefficient (Wildman–Crippen LogP) is 3.04. The van der Waals surface area contributed by atoms with E-state index >= 15 is 0 Å². The number of anilines is 1. The maximum Gasteiger partial charge on any atom is 0.128 e. The van der Waals surface area contributed by atoms with Gasteiger partial charge in [0.1, 0.15) is 5.82 Å². The number of nitrogens with two attached hydrogens (primary N) is 2. The van der Waals surface area contributed by atoms with Gasteiger partial charge in [0, 0.05) is 18.4 Å². The van der Waals surface area contributed by atoms with Crippen LogP contribution in [0.2, 0.25) is 0 Å². The Balaban J connectivity index is 2.27. The smallest absolute Gasteiger partial charge is 0.128 e. The molecule has 0 saturated heterocycles. The van der Waals surface area contributed by atoms with Crippen molar-refractivity contribution < 1.29 is 4.74 Å². The van der Waals surface area contributed by atoms with Crippen LogP contribution in [0.25, 0.3) is 0 Å². The molecule has 1 fully saturated rings. The van der Waals surface area contributed by atoms with Crippen LogP contribution in [0.3, 0.4) is 0 Å². The summed E-state index contributed by atoms with van der Waals surface area (Å²) < 4.78 is 6.13. The Morgan fingerprint density at radius 3 is 2.50 bits per heavy atom. The minimum atomic E-state index is -0.304. The van der Waals surface area contributed by atoms with Crippen LogP contribution in [-0.2, 0) is 4.74 Å². The third kappa shape index (κ3) is 2.96. The first-order valence-corrected chi connectivity index (χ1v) is 7.50. The van der Waals surface area contributed by atoms with Crippen LogP contribution in [0, 0.1) is 5.41 Å². The Bertz CT molecular complexity index is 449. The lowest BCUT2D eigenvalue weighted by Crippen LogP contribution is -2.48. The van der Waals surface area contributed by atoms with E-state index in [-0.39, 0.29) is 11.6 Å². The number of hydrogen-bond acceptors (Lipinski definition) is 4. The zero-order valence-electron chi connectivity index (χ0n) is 12.9. The zero-order valence-corrected chi connectivity index (χ0v) is 12.9. The van der Waals surface area contributed by atoms with E-state index < -0.39 is 0 Å². The molecule has 20 heavy (non-hydrogen) atoms. The van der Waals surface area contributed by atoms with E-state index in [2.05, 4.69) is 18.8 Å². The fourth-order valence-electron chi connectivity index (χ4n) is 3.16. The molecule has 1 aromatic rings. The van der Waals surface area contributed by atoms with Crippen molar-refractivity contribution in [2.24, 2.45) is 11.1 Å². The maximum atomic E-state index is 6.54. The van der Waals surface area contributed by atoms with Gasteiger partial charge in [0.15, 0.2) is 0 Å². The lowest BCUT2D eigenvalue weighted by atomic mass is 9.67. The van der Waals surface area contributed by atoms with Crippen LogP contribution in [0.5, 0.6) is 0 Å². The largest absolute Gasteiger partial charge is 0.383 e. The summed E-state index contributed by atoms with van der Waals surface area (Å²) in [5.41, 5.74) is 13.5. The van der Waals surface area contributed by atoms with Crippen molar-refractivity contribution in [1.82, 2.24) is 4.98 Å². The van der Waals surface area contributed by atoms with Crippen LogP contribution in [-0.4, -0.2) is 17.2 Å². The number of aromatic nitrogens is 1. The maximum absolute atomic E-state index is 6.54. The normalized spacial score (nSPS) is 22.4. The lowest BCUT2D eigenvalue weighted by molar-refractivity contribution is -0.0999. The van der Waals surface area contributed by atoms with E-state index in [1.165, 1.54) is 0 Å². The van der Waals surface area contributed by atoms with Gasteiger partial charge in [-0.15, -0.1) is 0 Å². The van der Waals surface area contributed by atoms with Gasteiger partial charge in [0.25, 0.3) is 0 Å². The van der Waals surface area contributed by atoms with Gasteiger partial charge in [-0.1, -0.05) is 19.9 Å². The van der Waals surface area contributed by atoms with Crippen LogP contribution in [0.15, 0.2) is 18.3 Å². The van der Waals surface area contributed by atoms with Crippen LogP contribution >= 0.6 is 0 Å². The first-order valence-electron chi connectivity index (χ1n) is 7.50. The average Bonchev–Trinajstić information content (AvgIpc) is 2.42. The van der Waals surface area contributed by atoms with E-state index in [9.17, 15) is 0 Å². The summed E-state index contributed by atoms with van der Waals surface area (Å²) in [4.78, 5) is 4.16. The summed E-state index contributed by atoms with van der Waals surface area (Å²) in [6.45, 7) is 7.33. The minimum Gasteiger partial charge on any atom is -0.383 e. The zero-order chi connectivity index (χ0) is 14.8. The first-order chi connectivity index (χ1) is 9.40. The molecule has 112 valence electrons. The second-order valence-corrected chi connectivity index (χ2v) is 6.62. The fourth-order valence-corrected chi connectivity index (χ4v) is 3.16. The topological polar surface area (TPSA) is 74.2 Å². The molecule has 1 heterocycles. The molecule has 0 aliphatic heterocycles. The van der Waals surface area contributed by atoms with Gasteiger partial charge in [0.2, 0.25) is 0 Å². The molecule has 1 unspecified atom stereocenters. The molecule has 1 aliphatic rings. The van der Waals surface area contributed by atoms with Gasteiger partial charge in [-0.2, -0.15) is 0 Å². The van der Waals surface area contributed by atoms with Gasteiger partial charge in [-0.25, -0.2) is 4.98 Å². The predicted molar refractivity (Wildman–Crippen MR) is 82.2 cm³/mol. The van der Waals surface area contributed by atoms with E-state index in [4.69, 9.17) is 16.2 Å². The number of ether oxygens (including phenoxy) is 1. The van der Waals surface area contributed by atoms with E-state index in [0.29, 0.717) is 17.8 Å². The van der Waals surface area contributed by atoms with Gasteiger partial charge in [-0.05, 0) is 44.1 Å². The van der Waals surface area contributed by atoms with Gasteiger partial charge in [-0.3, -0.25) is 0 Å². The van der Waals surface area contributed by atoms with Crippen molar-refractivity contribution in [1.29, 1.82) is 0 Å². The lowest BCUT2D eigenvalue weighted by Gasteiger charge is -2.46. The third-order valence-corrected chi connectivity index (χ3v) is 4.65. The monoisotopic (exact) mass is 277 g/mol.